The molecule has 11 heteroatoms. The fraction of sp³-hybridized carbons (Fsp3) is 0.406. The van der Waals surface area contributed by atoms with Crippen molar-refractivity contribution in [3.8, 4) is 34.1 Å². The Hall–Kier alpha value is -4.03. The zero-order valence-electron chi connectivity index (χ0n) is 24.5. The lowest BCUT2D eigenvalue weighted by Gasteiger charge is -2.46. The number of ketones is 3. The van der Waals surface area contributed by atoms with E-state index in [-0.39, 0.29) is 57.1 Å². The molecule has 0 radical (unpaired) electrons. The fourth-order valence-electron chi connectivity index (χ4n) is 6.86. The van der Waals surface area contributed by atoms with E-state index in [1.54, 1.807) is 26.8 Å². The lowest BCUT2D eigenvalue weighted by atomic mass is 9.73. The number of aliphatic hydroxyl groups excluding tert-OH is 2. The molecule has 2 aromatic rings. The summed E-state index contributed by atoms with van der Waals surface area (Å²) >= 11 is 0. The van der Waals surface area contributed by atoms with Crippen LogP contribution in [0.25, 0.3) is 11.1 Å². The van der Waals surface area contributed by atoms with Gasteiger partial charge in [0.2, 0.25) is 5.78 Å². The molecule has 2 heterocycles. The number of carbonyl (C=O) groups excluding carboxylic acids is 3. The Labute approximate surface area is 247 Å². The number of carbonyl (C=O) groups is 3. The molecule has 2 aromatic carbocycles. The number of methoxy groups -OCH3 is 2. The number of aliphatic hydroxyl groups is 2. The van der Waals surface area contributed by atoms with E-state index in [0.29, 0.717) is 11.1 Å². The van der Waals surface area contributed by atoms with Gasteiger partial charge in [-0.3, -0.25) is 14.4 Å². The van der Waals surface area contributed by atoms with Gasteiger partial charge >= 0.3 is 0 Å². The summed E-state index contributed by atoms with van der Waals surface area (Å²) in [5, 5.41) is 44.5. The Morgan fingerprint density at radius 3 is 1.74 bits per heavy atom. The second-order valence-corrected chi connectivity index (χ2v) is 11.8. The molecule has 2 aliphatic heterocycles. The molecule has 0 aromatic heterocycles. The van der Waals surface area contributed by atoms with Crippen LogP contribution in [0.2, 0.25) is 0 Å². The molecule has 0 fully saturated rings. The van der Waals surface area contributed by atoms with E-state index >= 15 is 0 Å². The topological polar surface area (TPSA) is 169 Å². The maximum atomic E-state index is 13.9. The van der Waals surface area contributed by atoms with Crippen LogP contribution in [0.15, 0.2) is 35.4 Å². The van der Waals surface area contributed by atoms with E-state index in [4.69, 9.17) is 18.9 Å². The summed E-state index contributed by atoms with van der Waals surface area (Å²) in [6.07, 6.45) is -1.84. The van der Waals surface area contributed by atoms with Gasteiger partial charge in [0.1, 0.15) is 52.4 Å². The largest absolute Gasteiger partial charge is 0.507 e. The minimum absolute atomic E-state index is 0.0503. The second kappa shape index (κ2) is 9.48. The Morgan fingerprint density at radius 1 is 0.767 bits per heavy atom. The number of aryl methyl sites for hydroxylation is 2. The molecule has 226 valence electrons. The number of rotatable bonds is 3. The first-order chi connectivity index (χ1) is 20.2. The van der Waals surface area contributed by atoms with Crippen molar-refractivity contribution in [2.45, 2.75) is 69.7 Å². The van der Waals surface area contributed by atoms with E-state index in [2.05, 4.69) is 0 Å². The summed E-state index contributed by atoms with van der Waals surface area (Å²) in [5.41, 5.74) is -2.27. The molecule has 0 bridgehead atoms. The molecule has 0 spiro atoms. The predicted octanol–water partition coefficient (Wildman–Crippen LogP) is 2.64. The predicted molar refractivity (Wildman–Crippen MR) is 151 cm³/mol. The monoisotopic (exact) mass is 592 g/mol. The maximum absolute atomic E-state index is 13.9. The van der Waals surface area contributed by atoms with Gasteiger partial charge in [-0.25, -0.2) is 0 Å². The van der Waals surface area contributed by atoms with Crippen LogP contribution < -0.4 is 9.47 Å². The van der Waals surface area contributed by atoms with Crippen molar-refractivity contribution in [3.63, 3.8) is 0 Å². The van der Waals surface area contributed by atoms with Gasteiger partial charge in [-0.2, -0.15) is 0 Å². The molecule has 0 amide bonds. The summed E-state index contributed by atoms with van der Waals surface area (Å²) in [4.78, 5) is 40.5. The highest BCUT2D eigenvalue weighted by Crippen LogP contribution is 2.56. The van der Waals surface area contributed by atoms with Crippen molar-refractivity contribution in [2.75, 3.05) is 14.2 Å². The van der Waals surface area contributed by atoms with Crippen LogP contribution in [0.1, 0.15) is 52.1 Å². The van der Waals surface area contributed by atoms with Gasteiger partial charge in [-0.1, -0.05) is 6.08 Å². The number of phenolic OH excluding ortho intramolecular Hbond substituents is 2. The van der Waals surface area contributed by atoms with E-state index in [9.17, 15) is 34.8 Å². The van der Waals surface area contributed by atoms with Crippen LogP contribution in [0.4, 0.5) is 0 Å². The third-order valence-corrected chi connectivity index (χ3v) is 9.25. The van der Waals surface area contributed by atoms with E-state index in [1.807, 2.05) is 0 Å². The van der Waals surface area contributed by atoms with Crippen LogP contribution in [-0.4, -0.2) is 87.6 Å². The van der Waals surface area contributed by atoms with Crippen molar-refractivity contribution in [2.24, 2.45) is 0 Å². The highest BCUT2D eigenvalue weighted by molar-refractivity contribution is 6.20. The molecule has 0 saturated carbocycles. The summed E-state index contributed by atoms with van der Waals surface area (Å²) in [7, 11) is 2.70. The summed E-state index contributed by atoms with van der Waals surface area (Å²) < 4.78 is 23.5. The minimum Gasteiger partial charge on any atom is -0.507 e. The number of Topliss-reactive ketones (excluding diaryl/α,β-unsaturated/α-hetero) is 2. The highest BCUT2D eigenvalue weighted by Gasteiger charge is 2.57. The van der Waals surface area contributed by atoms with Gasteiger partial charge in [0.25, 0.3) is 0 Å². The van der Waals surface area contributed by atoms with Crippen LogP contribution in [-0.2, 0) is 14.3 Å². The quantitative estimate of drug-likeness (QED) is 0.413. The third kappa shape index (κ3) is 3.72. The van der Waals surface area contributed by atoms with Gasteiger partial charge in [0.05, 0.1) is 6.10 Å². The first-order valence-corrected chi connectivity index (χ1v) is 13.8. The standard InChI is InChI=1S/C32H32O11/c1-12-9-16(33)22-24(36)14-7-8-19(40-5)29(38)31(14,3)42-27(22)20(12)21-13(2)10-17(34)23-25(37)15-11-18(35)26(41-6)30(39)32(15,4)43-28(21)23/h7,9-11,19,26,29-30,33-34,38-39H,8H2,1-6H3/t19-,26-,29+,30+,31+,32+/m0/s1. The molecule has 6 rings (SSSR count). The van der Waals surface area contributed by atoms with Crippen LogP contribution in [0, 0.1) is 13.8 Å². The summed E-state index contributed by atoms with van der Waals surface area (Å²) in [6.45, 7) is 6.34. The lowest BCUT2D eigenvalue weighted by molar-refractivity contribution is -0.145. The van der Waals surface area contributed by atoms with Crippen LogP contribution in [0.3, 0.4) is 0 Å². The molecule has 43 heavy (non-hydrogen) atoms. The highest BCUT2D eigenvalue weighted by atomic mass is 16.5. The van der Waals surface area contributed by atoms with Crippen molar-refractivity contribution >= 4 is 17.3 Å². The minimum atomic E-state index is -1.75. The van der Waals surface area contributed by atoms with E-state index in [1.165, 1.54) is 33.3 Å². The number of ether oxygens (including phenoxy) is 4. The fourth-order valence-corrected chi connectivity index (χ4v) is 6.86. The number of fused-ring (bicyclic) bond motifs is 4. The number of aromatic hydroxyl groups is 2. The molecule has 6 atom stereocenters. The summed E-state index contributed by atoms with van der Waals surface area (Å²) in [5.74, 6) is -2.80. The van der Waals surface area contributed by atoms with Gasteiger partial charge < -0.3 is 39.4 Å². The van der Waals surface area contributed by atoms with Crippen LogP contribution in [0.5, 0.6) is 23.0 Å². The van der Waals surface area contributed by atoms with Gasteiger partial charge in [-0.05, 0) is 63.5 Å². The molecule has 4 N–H and O–H groups in total. The lowest BCUT2D eigenvalue weighted by Crippen LogP contribution is -2.60. The zero-order chi connectivity index (χ0) is 31.3. The Kier molecular flexibility index (Phi) is 6.41. The molecule has 2 aliphatic carbocycles. The maximum Gasteiger partial charge on any atom is 0.200 e. The van der Waals surface area contributed by atoms with Gasteiger partial charge in [0.15, 0.2) is 22.8 Å². The smallest absolute Gasteiger partial charge is 0.200 e. The van der Waals surface area contributed by atoms with Crippen molar-refractivity contribution < 1.29 is 53.8 Å². The number of benzene rings is 2. The molecule has 0 saturated heterocycles. The first-order valence-electron chi connectivity index (χ1n) is 13.8. The SMILES string of the molecule is CO[C@H]1CC=C2C(=O)c3c(O)cc(C)c(-c4c(C)cc(O)c5c4O[C@]4(C)C(=CC(=O)[C@H](OC)[C@H]4O)C5=O)c3O[C@@]2(C)[C@@H]1O. The van der Waals surface area contributed by atoms with Crippen LogP contribution >= 0.6 is 0 Å². The first kappa shape index (κ1) is 29.1. The van der Waals surface area contributed by atoms with E-state index in [0.717, 1.165) is 6.08 Å². The van der Waals surface area contributed by atoms with Crippen molar-refractivity contribution in [1.29, 1.82) is 0 Å². The van der Waals surface area contributed by atoms with Gasteiger partial charge in [-0.15, -0.1) is 0 Å². The average Bonchev–Trinajstić information content (AvgIpc) is 2.92. The Bertz CT molecular complexity index is 1700. The van der Waals surface area contributed by atoms with Gasteiger partial charge in [0, 0.05) is 36.5 Å². The van der Waals surface area contributed by atoms with E-state index < -0.39 is 58.7 Å². The molecular formula is C32H32O11. The zero-order valence-corrected chi connectivity index (χ0v) is 24.5. The Morgan fingerprint density at radius 2 is 1.26 bits per heavy atom. The molecule has 0 unspecified atom stereocenters. The molecule has 4 aliphatic rings. The Balaban J connectivity index is 1.64. The van der Waals surface area contributed by atoms with Crippen molar-refractivity contribution in [1.82, 2.24) is 0 Å². The molecule has 11 nitrogen and oxygen atoms in total. The molecular weight excluding hydrogens is 560 g/mol. The summed E-state index contributed by atoms with van der Waals surface area (Å²) in [6, 6.07) is 2.74. The third-order valence-electron chi connectivity index (χ3n) is 9.25. The number of hydrogen-bond donors (Lipinski definition) is 4. The second-order valence-electron chi connectivity index (χ2n) is 11.8. The number of hydrogen-bond acceptors (Lipinski definition) is 11. The van der Waals surface area contributed by atoms with Crippen molar-refractivity contribution in [3.05, 3.63) is 57.7 Å². The normalized spacial score (nSPS) is 31.1. The number of phenols is 2. The average molecular weight is 593 g/mol.